The molecule has 2 rings (SSSR count). The number of carboxylic acids is 1. The largest absolute Gasteiger partial charge is 0.490 e. The van der Waals surface area contributed by atoms with Crippen LogP contribution in [0.4, 0.5) is 0 Å². The molecule has 0 saturated heterocycles. The summed E-state index contributed by atoms with van der Waals surface area (Å²) < 4.78 is 11.4. The fraction of sp³-hybridized carbons (Fsp3) is 0.300. The zero-order chi connectivity index (χ0) is 18.8. The molecule has 0 unspecified atom stereocenters. The average molecular weight is 357 g/mol. The summed E-state index contributed by atoms with van der Waals surface area (Å²) in [5, 5.41) is 11.3. The molecule has 0 fully saturated rings. The van der Waals surface area contributed by atoms with E-state index >= 15 is 0 Å². The minimum Gasteiger partial charge on any atom is -0.490 e. The van der Waals surface area contributed by atoms with Crippen molar-refractivity contribution in [1.29, 1.82) is 0 Å². The van der Waals surface area contributed by atoms with Gasteiger partial charge in [0.05, 0.1) is 6.42 Å². The van der Waals surface area contributed by atoms with Crippen molar-refractivity contribution in [2.24, 2.45) is 0 Å². The highest BCUT2D eigenvalue weighted by atomic mass is 16.5. The van der Waals surface area contributed by atoms with Gasteiger partial charge in [0, 0.05) is 13.0 Å². The number of carboxylic acid groups (broad SMARTS) is 1. The molecule has 0 aliphatic carbocycles. The summed E-state index contributed by atoms with van der Waals surface area (Å²) in [5.41, 5.74) is 1.96. The van der Waals surface area contributed by atoms with E-state index in [1.807, 2.05) is 55.5 Å². The second-order valence-electron chi connectivity index (χ2n) is 5.78. The lowest BCUT2D eigenvalue weighted by Gasteiger charge is -2.11. The molecule has 2 N–H and O–H groups in total. The first kappa shape index (κ1) is 19.3. The Balaban J connectivity index is 1.73. The Morgan fingerprint density at radius 1 is 1.00 bits per heavy atom. The molecule has 6 heteroatoms. The van der Waals surface area contributed by atoms with Crippen LogP contribution in [0.15, 0.2) is 48.5 Å². The van der Waals surface area contributed by atoms with Crippen molar-refractivity contribution >= 4 is 11.9 Å². The molecule has 0 saturated carbocycles. The van der Waals surface area contributed by atoms with E-state index in [1.165, 1.54) is 0 Å². The maximum Gasteiger partial charge on any atom is 0.303 e. The summed E-state index contributed by atoms with van der Waals surface area (Å²) in [6.45, 7) is 3.16. The van der Waals surface area contributed by atoms with Crippen LogP contribution in [0.25, 0.3) is 0 Å². The van der Waals surface area contributed by atoms with Crippen molar-refractivity contribution in [3.8, 4) is 11.5 Å². The van der Waals surface area contributed by atoms with E-state index < -0.39 is 5.97 Å². The van der Waals surface area contributed by atoms with Gasteiger partial charge in [-0.15, -0.1) is 0 Å². The topological polar surface area (TPSA) is 84.9 Å². The Bertz CT molecular complexity index is 744. The highest BCUT2D eigenvalue weighted by Crippen LogP contribution is 2.17. The molecular weight excluding hydrogens is 334 g/mol. The minimum absolute atomic E-state index is 0.0260. The number of rotatable bonds is 10. The smallest absolute Gasteiger partial charge is 0.303 e. The van der Waals surface area contributed by atoms with E-state index in [9.17, 15) is 9.59 Å². The molecule has 2 aromatic carbocycles. The number of benzene rings is 2. The number of aliphatic carboxylic acids is 1. The monoisotopic (exact) mass is 357 g/mol. The molecule has 26 heavy (non-hydrogen) atoms. The molecule has 0 aliphatic heterocycles. The van der Waals surface area contributed by atoms with Gasteiger partial charge in [-0.3, -0.25) is 9.59 Å². The van der Waals surface area contributed by atoms with Crippen LogP contribution in [-0.4, -0.2) is 30.2 Å². The molecule has 0 bridgehead atoms. The van der Waals surface area contributed by atoms with Crippen molar-refractivity contribution in [3.63, 3.8) is 0 Å². The van der Waals surface area contributed by atoms with Gasteiger partial charge < -0.3 is 19.9 Å². The Morgan fingerprint density at radius 2 is 1.77 bits per heavy atom. The summed E-state index contributed by atoms with van der Waals surface area (Å²) in [6, 6.07) is 15.2. The third-order valence-corrected chi connectivity index (χ3v) is 3.66. The molecule has 138 valence electrons. The van der Waals surface area contributed by atoms with Gasteiger partial charge in [0.2, 0.25) is 5.91 Å². The molecular formula is C20H23NO5. The number of nitrogens with one attached hydrogen (secondary N) is 1. The predicted octanol–water partition coefficient (Wildman–Crippen LogP) is 2.93. The Morgan fingerprint density at radius 3 is 2.54 bits per heavy atom. The highest BCUT2D eigenvalue weighted by molar-refractivity contribution is 5.80. The van der Waals surface area contributed by atoms with E-state index in [4.69, 9.17) is 14.6 Å². The Labute approximate surface area is 152 Å². The van der Waals surface area contributed by atoms with Crippen molar-refractivity contribution in [3.05, 3.63) is 59.7 Å². The normalized spacial score (nSPS) is 10.2. The van der Waals surface area contributed by atoms with E-state index in [-0.39, 0.29) is 18.7 Å². The lowest BCUT2D eigenvalue weighted by atomic mass is 10.2. The van der Waals surface area contributed by atoms with Gasteiger partial charge in [-0.05, 0) is 36.2 Å². The molecule has 0 atom stereocenters. The summed E-state index contributed by atoms with van der Waals surface area (Å²) in [4.78, 5) is 22.0. The maximum absolute atomic E-state index is 11.6. The summed E-state index contributed by atoms with van der Waals surface area (Å²) in [7, 11) is 0. The van der Waals surface area contributed by atoms with Gasteiger partial charge in [0.15, 0.2) is 0 Å². The highest BCUT2D eigenvalue weighted by Gasteiger charge is 2.05. The van der Waals surface area contributed by atoms with E-state index in [2.05, 4.69) is 5.32 Å². The number of amides is 1. The zero-order valence-corrected chi connectivity index (χ0v) is 14.7. The third-order valence-electron chi connectivity index (χ3n) is 3.66. The number of aryl methyl sites for hydroxylation is 1. The second-order valence-corrected chi connectivity index (χ2v) is 5.78. The van der Waals surface area contributed by atoms with Crippen LogP contribution in [0, 0.1) is 6.92 Å². The standard InChI is InChI=1S/C20H23NO5/c1-15-5-2-3-8-18(15)26-12-11-25-17-7-4-6-16(13-17)14-21-19(22)9-10-20(23)24/h2-8,13H,9-12,14H2,1H3,(H,21,22)(H,23,24). The first-order valence-electron chi connectivity index (χ1n) is 8.43. The van der Waals surface area contributed by atoms with Gasteiger partial charge >= 0.3 is 5.97 Å². The SMILES string of the molecule is Cc1ccccc1OCCOc1cccc(CNC(=O)CCC(=O)O)c1. The number of hydrogen-bond acceptors (Lipinski definition) is 4. The van der Waals surface area contributed by atoms with Crippen LogP contribution >= 0.6 is 0 Å². The molecule has 0 aromatic heterocycles. The lowest BCUT2D eigenvalue weighted by molar-refractivity contribution is -0.138. The van der Waals surface area contributed by atoms with Gasteiger partial charge in [-0.2, -0.15) is 0 Å². The second kappa shape index (κ2) is 10.1. The Hall–Kier alpha value is -3.02. The summed E-state index contributed by atoms with van der Waals surface area (Å²) in [6.07, 6.45) is -0.197. The molecule has 0 spiro atoms. The van der Waals surface area contributed by atoms with Crippen molar-refractivity contribution < 1.29 is 24.2 Å². The summed E-state index contributed by atoms with van der Waals surface area (Å²) in [5.74, 6) is 0.262. The first-order chi connectivity index (χ1) is 12.5. The number of ether oxygens (including phenoxy) is 2. The first-order valence-corrected chi connectivity index (χ1v) is 8.43. The third kappa shape index (κ3) is 6.84. The fourth-order valence-corrected chi connectivity index (χ4v) is 2.28. The molecule has 0 radical (unpaired) electrons. The van der Waals surface area contributed by atoms with Crippen LogP contribution in [0.1, 0.15) is 24.0 Å². The van der Waals surface area contributed by atoms with Crippen molar-refractivity contribution in [2.45, 2.75) is 26.3 Å². The van der Waals surface area contributed by atoms with Gasteiger partial charge in [-0.1, -0.05) is 30.3 Å². The number of hydrogen-bond donors (Lipinski definition) is 2. The number of carbonyl (C=O) groups excluding carboxylic acids is 1. The molecule has 1 amide bonds. The molecule has 0 heterocycles. The zero-order valence-electron chi connectivity index (χ0n) is 14.7. The van der Waals surface area contributed by atoms with Crippen LogP contribution in [0.3, 0.4) is 0 Å². The fourth-order valence-electron chi connectivity index (χ4n) is 2.28. The number of carbonyl (C=O) groups is 2. The quantitative estimate of drug-likeness (QED) is 0.639. The predicted molar refractivity (Wildman–Crippen MR) is 97.3 cm³/mol. The summed E-state index contributed by atoms with van der Waals surface area (Å²) >= 11 is 0. The lowest BCUT2D eigenvalue weighted by Crippen LogP contribution is -2.23. The molecule has 6 nitrogen and oxygen atoms in total. The van der Waals surface area contributed by atoms with Crippen LogP contribution in [0.5, 0.6) is 11.5 Å². The van der Waals surface area contributed by atoms with Crippen LogP contribution in [0.2, 0.25) is 0 Å². The van der Waals surface area contributed by atoms with Crippen molar-refractivity contribution in [1.82, 2.24) is 5.32 Å². The van der Waals surface area contributed by atoms with Gasteiger partial charge in [-0.25, -0.2) is 0 Å². The maximum atomic E-state index is 11.6. The van der Waals surface area contributed by atoms with Crippen LogP contribution < -0.4 is 14.8 Å². The average Bonchev–Trinajstić information content (AvgIpc) is 2.63. The minimum atomic E-state index is -0.983. The van der Waals surface area contributed by atoms with E-state index in [1.54, 1.807) is 0 Å². The van der Waals surface area contributed by atoms with E-state index in [0.29, 0.717) is 25.5 Å². The molecule has 0 aliphatic rings. The van der Waals surface area contributed by atoms with Gasteiger partial charge in [0.1, 0.15) is 24.7 Å². The Kier molecular flexibility index (Phi) is 7.49. The van der Waals surface area contributed by atoms with Crippen molar-refractivity contribution in [2.75, 3.05) is 13.2 Å². The van der Waals surface area contributed by atoms with E-state index in [0.717, 1.165) is 16.9 Å². The molecule has 2 aromatic rings. The van der Waals surface area contributed by atoms with Gasteiger partial charge in [0.25, 0.3) is 0 Å². The van der Waals surface area contributed by atoms with Crippen LogP contribution in [-0.2, 0) is 16.1 Å². The number of para-hydroxylation sites is 1.